The van der Waals surface area contributed by atoms with E-state index >= 15 is 0 Å². The van der Waals surface area contributed by atoms with Gasteiger partial charge in [-0.05, 0) is 42.0 Å². The molecular formula is C14H18O2. The summed E-state index contributed by atoms with van der Waals surface area (Å²) >= 11 is 0. The average molecular weight is 218 g/mol. The van der Waals surface area contributed by atoms with E-state index in [1.165, 1.54) is 16.7 Å². The normalized spacial score (nSPS) is 18.1. The van der Waals surface area contributed by atoms with Gasteiger partial charge in [0.1, 0.15) is 0 Å². The van der Waals surface area contributed by atoms with Crippen molar-refractivity contribution in [1.82, 2.24) is 0 Å². The molecule has 0 amide bonds. The molecule has 0 aliphatic heterocycles. The third-order valence-electron chi connectivity index (χ3n) is 3.21. The van der Waals surface area contributed by atoms with E-state index < -0.39 is 0 Å². The summed E-state index contributed by atoms with van der Waals surface area (Å²) in [6.45, 7) is 4.33. The number of methoxy groups -OCH3 is 2. The van der Waals surface area contributed by atoms with Crippen LogP contribution in [0, 0.1) is 12.8 Å². The van der Waals surface area contributed by atoms with Crippen molar-refractivity contribution in [3.8, 4) is 11.5 Å². The maximum atomic E-state index is 5.42. The zero-order chi connectivity index (χ0) is 11.7. The molecule has 1 aromatic carbocycles. The van der Waals surface area contributed by atoms with E-state index in [9.17, 15) is 0 Å². The predicted octanol–water partition coefficient (Wildman–Crippen LogP) is 3.22. The molecular weight excluding hydrogens is 200 g/mol. The van der Waals surface area contributed by atoms with E-state index in [2.05, 4.69) is 32.1 Å². The van der Waals surface area contributed by atoms with E-state index in [0.717, 1.165) is 17.9 Å². The Hall–Kier alpha value is -1.44. The highest BCUT2D eigenvalue weighted by atomic mass is 16.5. The Balaban J connectivity index is 2.60. The van der Waals surface area contributed by atoms with Crippen LogP contribution in [0.2, 0.25) is 0 Å². The minimum Gasteiger partial charge on any atom is -0.493 e. The van der Waals surface area contributed by atoms with Crippen LogP contribution in [0.4, 0.5) is 0 Å². The minimum atomic E-state index is 0.601. The molecule has 0 N–H and O–H groups in total. The summed E-state index contributed by atoms with van der Waals surface area (Å²) in [4.78, 5) is 0. The van der Waals surface area contributed by atoms with Gasteiger partial charge < -0.3 is 9.47 Å². The Morgan fingerprint density at radius 2 is 2.00 bits per heavy atom. The summed E-state index contributed by atoms with van der Waals surface area (Å²) in [5.41, 5.74) is 3.84. The average Bonchev–Trinajstić information content (AvgIpc) is 2.29. The molecule has 2 rings (SSSR count). The number of benzene rings is 1. The Morgan fingerprint density at radius 1 is 1.25 bits per heavy atom. The van der Waals surface area contributed by atoms with E-state index in [4.69, 9.17) is 9.47 Å². The molecule has 0 saturated heterocycles. The first-order valence-corrected chi connectivity index (χ1v) is 5.60. The second kappa shape index (κ2) is 4.20. The Labute approximate surface area is 96.9 Å². The Morgan fingerprint density at radius 3 is 2.62 bits per heavy atom. The van der Waals surface area contributed by atoms with Gasteiger partial charge in [0.05, 0.1) is 14.2 Å². The van der Waals surface area contributed by atoms with Crippen molar-refractivity contribution in [2.75, 3.05) is 14.2 Å². The molecule has 1 aliphatic carbocycles. The van der Waals surface area contributed by atoms with Crippen LogP contribution in [0.25, 0.3) is 6.08 Å². The van der Waals surface area contributed by atoms with Gasteiger partial charge in [0.25, 0.3) is 0 Å². The predicted molar refractivity (Wildman–Crippen MR) is 66.2 cm³/mol. The molecule has 0 radical (unpaired) electrons. The van der Waals surface area contributed by atoms with Crippen LogP contribution in [0.3, 0.4) is 0 Å². The van der Waals surface area contributed by atoms with Gasteiger partial charge in [-0.3, -0.25) is 0 Å². The second-order valence-electron chi connectivity index (χ2n) is 4.35. The highest BCUT2D eigenvalue weighted by Gasteiger charge is 2.18. The number of fused-ring (bicyclic) bond motifs is 1. The Bertz CT molecular complexity index is 433. The fraction of sp³-hybridized carbons (Fsp3) is 0.429. The number of rotatable bonds is 2. The van der Waals surface area contributed by atoms with Crippen LogP contribution in [0.15, 0.2) is 12.1 Å². The van der Waals surface area contributed by atoms with Gasteiger partial charge in [-0.15, -0.1) is 0 Å². The fourth-order valence-electron chi connectivity index (χ4n) is 2.32. The molecule has 16 heavy (non-hydrogen) atoms. The van der Waals surface area contributed by atoms with Gasteiger partial charge in [-0.1, -0.05) is 19.1 Å². The van der Waals surface area contributed by atoms with Crippen LogP contribution in [-0.2, 0) is 6.42 Å². The van der Waals surface area contributed by atoms with Gasteiger partial charge in [-0.25, -0.2) is 0 Å². The standard InChI is InChI=1S/C14H18O2/c1-9-5-6-11-8-13(15-3)14(16-4)10(2)12(11)7-9/h5-6,8-9H,7H2,1-4H3. The van der Waals surface area contributed by atoms with Gasteiger partial charge in [0, 0.05) is 0 Å². The lowest BCUT2D eigenvalue weighted by Gasteiger charge is -2.21. The summed E-state index contributed by atoms with van der Waals surface area (Å²) in [5.74, 6) is 2.28. The lowest BCUT2D eigenvalue weighted by molar-refractivity contribution is 0.352. The molecule has 0 heterocycles. The summed E-state index contributed by atoms with van der Waals surface area (Å²) < 4.78 is 10.8. The number of hydrogen-bond acceptors (Lipinski definition) is 2. The number of allylic oxidation sites excluding steroid dienone is 1. The zero-order valence-electron chi connectivity index (χ0n) is 10.3. The number of ether oxygens (including phenoxy) is 2. The first kappa shape index (κ1) is 11.1. The third-order valence-corrected chi connectivity index (χ3v) is 3.21. The summed E-state index contributed by atoms with van der Waals surface area (Å²) in [6, 6.07) is 2.06. The lowest BCUT2D eigenvalue weighted by Crippen LogP contribution is -2.07. The van der Waals surface area contributed by atoms with Crippen molar-refractivity contribution in [2.45, 2.75) is 20.3 Å². The van der Waals surface area contributed by atoms with Gasteiger partial charge >= 0.3 is 0 Å². The first-order valence-electron chi connectivity index (χ1n) is 5.60. The van der Waals surface area contributed by atoms with E-state index in [-0.39, 0.29) is 0 Å². The van der Waals surface area contributed by atoms with Crippen LogP contribution >= 0.6 is 0 Å². The zero-order valence-corrected chi connectivity index (χ0v) is 10.3. The monoisotopic (exact) mass is 218 g/mol. The highest BCUT2D eigenvalue weighted by molar-refractivity contribution is 5.65. The van der Waals surface area contributed by atoms with E-state index in [0.29, 0.717) is 5.92 Å². The highest BCUT2D eigenvalue weighted by Crippen LogP contribution is 2.38. The van der Waals surface area contributed by atoms with Gasteiger partial charge in [-0.2, -0.15) is 0 Å². The van der Waals surface area contributed by atoms with Crippen molar-refractivity contribution < 1.29 is 9.47 Å². The number of hydrogen-bond donors (Lipinski definition) is 0. The molecule has 0 saturated carbocycles. The largest absolute Gasteiger partial charge is 0.493 e. The molecule has 2 heteroatoms. The van der Waals surface area contributed by atoms with Crippen molar-refractivity contribution in [2.24, 2.45) is 5.92 Å². The summed E-state index contributed by atoms with van der Waals surface area (Å²) in [5, 5.41) is 0. The third kappa shape index (κ3) is 1.69. The van der Waals surface area contributed by atoms with Crippen molar-refractivity contribution in [1.29, 1.82) is 0 Å². The molecule has 0 spiro atoms. The molecule has 2 nitrogen and oxygen atoms in total. The van der Waals surface area contributed by atoms with Crippen LogP contribution in [0.5, 0.6) is 11.5 Å². The topological polar surface area (TPSA) is 18.5 Å². The van der Waals surface area contributed by atoms with Gasteiger partial charge in [0.15, 0.2) is 11.5 Å². The maximum absolute atomic E-state index is 5.42. The smallest absolute Gasteiger partial charge is 0.163 e. The minimum absolute atomic E-state index is 0.601. The molecule has 1 aliphatic rings. The summed E-state index contributed by atoms with van der Waals surface area (Å²) in [7, 11) is 3.37. The van der Waals surface area contributed by atoms with Crippen molar-refractivity contribution in [3.05, 3.63) is 28.8 Å². The van der Waals surface area contributed by atoms with Gasteiger partial charge in [0.2, 0.25) is 0 Å². The maximum Gasteiger partial charge on any atom is 0.163 e. The second-order valence-corrected chi connectivity index (χ2v) is 4.35. The SMILES string of the molecule is COc1cc2c(c(C)c1OC)CC(C)C=C2. The molecule has 0 aromatic heterocycles. The van der Waals surface area contributed by atoms with Crippen molar-refractivity contribution >= 4 is 6.08 Å². The summed E-state index contributed by atoms with van der Waals surface area (Å²) in [6.07, 6.45) is 5.50. The molecule has 1 aromatic rings. The fourth-order valence-corrected chi connectivity index (χ4v) is 2.32. The molecule has 0 bridgehead atoms. The molecule has 1 atom stereocenters. The first-order chi connectivity index (χ1) is 7.67. The van der Waals surface area contributed by atoms with Crippen molar-refractivity contribution in [3.63, 3.8) is 0 Å². The quantitative estimate of drug-likeness (QED) is 0.758. The molecule has 1 unspecified atom stereocenters. The van der Waals surface area contributed by atoms with Crippen LogP contribution < -0.4 is 9.47 Å². The van der Waals surface area contributed by atoms with E-state index in [1.807, 2.05) is 0 Å². The van der Waals surface area contributed by atoms with Crippen LogP contribution in [-0.4, -0.2) is 14.2 Å². The Kier molecular flexibility index (Phi) is 2.90. The van der Waals surface area contributed by atoms with Crippen LogP contribution in [0.1, 0.15) is 23.6 Å². The van der Waals surface area contributed by atoms with E-state index in [1.54, 1.807) is 14.2 Å². The lowest BCUT2D eigenvalue weighted by atomic mass is 9.87. The molecule has 86 valence electrons. The molecule has 0 fully saturated rings.